The molecule has 2 heteroatoms. The highest BCUT2D eigenvalue weighted by Crippen LogP contribution is 2.24. The van der Waals surface area contributed by atoms with E-state index in [9.17, 15) is 5.26 Å². The van der Waals surface area contributed by atoms with Crippen LogP contribution in [0.4, 0.5) is 0 Å². The monoisotopic (exact) mass is 320 g/mol. The van der Waals surface area contributed by atoms with Gasteiger partial charge in [0.15, 0.2) is 0 Å². The maximum Gasteiger partial charge on any atom is 0.0998 e. The predicted octanol–water partition coefficient (Wildman–Crippen LogP) is 5.69. The van der Waals surface area contributed by atoms with Crippen molar-refractivity contribution in [2.75, 3.05) is 0 Å². The summed E-state index contributed by atoms with van der Waals surface area (Å²) in [7, 11) is 0. The summed E-state index contributed by atoms with van der Waals surface area (Å²) < 4.78 is 2.05. The van der Waals surface area contributed by atoms with Gasteiger partial charge in [0.2, 0.25) is 0 Å². The van der Waals surface area contributed by atoms with E-state index in [1.807, 2.05) is 83.7 Å². The molecule has 0 unspecified atom stereocenters. The first-order valence-electron chi connectivity index (χ1n) is 8.18. The lowest BCUT2D eigenvalue weighted by atomic mass is 9.99. The molecule has 1 heterocycles. The Labute approximate surface area is 146 Å². The smallest absolute Gasteiger partial charge is 0.0998 e. The zero-order valence-corrected chi connectivity index (χ0v) is 13.6. The quantitative estimate of drug-likeness (QED) is 0.352. The number of nitrogens with zero attached hydrogens (tertiary/aromatic N) is 2. The van der Waals surface area contributed by atoms with Gasteiger partial charge in [0.05, 0.1) is 11.6 Å². The van der Waals surface area contributed by atoms with Crippen LogP contribution in [0.25, 0.3) is 28.1 Å². The highest BCUT2D eigenvalue weighted by atomic mass is 14.9. The molecule has 4 rings (SSSR count). The van der Waals surface area contributed by atoms with E-state index in [0.29, 0.717) is 5.57 Å². The fraction of sp³-hybridized carbons (Fsp3) is 0. The van der Waals surface area contributed by atoms with Gasteiger partial charge in [0.25, 0.3) is 0 Å². The number of aromatic nitrogens is 1. The minimum atomic E-state index is 0.662. The molecule has 0 N–H and O–H groups in total. The Hall–Kier alpha value is -3.57. The molecule has 0 atom stereocenters. The zero-order chi connectivity index (χ0) is 17.1. The van der Waals surface area contributed by atoms with Crippen LogP contribution in [0.2, 0.25) is 0 Å². The number of rotatable bonds is 3. The third kappa shape index (κ3) is 2.96. The van der Waals surface area contributed by atoms with Crippen LogP contribution in [-0.4, -0.2) is 4.57 Å². The molecule has 25 heavy (non-hydrogen) atoms. The maximum absolute atomic E-state index is 9.64. The molecule has 0 fully saturated rings. The Morgan fingerprint density at radius 3 is 2.28 bits per heavy atom. The van der Waals surface area contributed by atoms with Gasteiger partial charge in [0, 0.05) is 18.1 Å². The van der Waals surface area contributed by atoms with Crippen molar-refractivity contribution in [2.24, 2.45) is 0 Å². The van der Waals surface area contributed by atoms with Crippen molar-refractivity contribution < 1.29 is 0 Å². The fourth-order valence-electron chi connectivity index (χ4n) is 3.03. The number of hydrogen-bond donors (Lipinski definition) is 0. The molecule has 0 spiro atoms. The topological polar surface area (TPSA) is 28.7 Å². The second kappa shape index (κ2) is 6.51. The molecule has 3 aromatic carbocycles. The number of hydrogen-bond acceptors (Lipinski definition) is 1. The Kier molecular flexibility index (Phi) is 3.90. The predicted molar refractivity (Wildman–Crippen MR) is 103 cm³/mol. The van der Waals surface area contributed by atoms with E-state index in [-0.39, 0.29) is 0 Å². The standard InChI is InChI=1S/C23H16N2/c24-17-21(16-20-8-5-7-19-6-1-2-9-23(19)20)18-10-12-22(13-11-18)25-14-3-4-15-25/h1-16H. The van der Waals surface area contributed by atoms with Crippen LogP contribution in [0.1, 0.15) is 11.1 Å². The first-order chi connectivity index (χ1) is 12.3. The molecule has 0 aliphatic rings. The molecule has 0 amide bonds. The molecule has 1 aromatic heterocycles. The van der Waals surface area contributed by atoms with Crippen LogP contribution >= 0.6 is 0 Å². The molecule has 0 aliphatic heterocycles. The molecular formula is C23H16N2. The number of benzene rings is 3. The van der Waals surface area contributed by atoms with Gasteiger partial charge in [0.1, 0.15) is 0 Å². The van der Waals surface area contributed by atoms with E-state index >= 15 is 0 Å². The molecule has 4 aromatic rings. The van der Waals surface area contributed by atoms with Gasteiger partial charge in [-0.25, -0.2) is 0 Å². The Morgan fingerprint density at radius 1 is 0.800 bits per heavy atom. The zero-order valence-electron chi connectivity index (χ0n) is 13.6. The molecule has 2 nitrogen and oxygen atoms in total. The third-order valence-corrected chi connectivity index (χ3v) is 4.32. The first kappa shape index (κ1) is 15.0. The Bertz CT molecular complexity index is 1070. The Morgan fingerprint density at radius 2 is 1.52 bits per heavy atom. The van der Waals surface area contributed by atoms with Crippen molar-refractivity contribution >= 4 is 22.4 Å². The van der Waals surface area contributed by atoms with Crippen LogP contribution in [0.5, 0.6) is 0 Å². The van der Waals surface area contributed by atoms with E-state index in [4.69, 9.17) is 0 Å². The van der Waals surface area contributed by atoms with Crippen molar-refractivity contribution in [2.45, 2.75) is 0 Å². The van der Waals surface area contributed by atoms with E-state index in [1.54, 1.807) is 0 Å². The molecule has 0 radical (unpaired) electrons. The van der Waals surface area contributed by atoms with E-state index < -0.39 is 0 Å². The van der Waals surface area contributed by atoms with Gasteiger partial charge in [-0.15, -0.1) is 0 Å². The number of allylic oxidation sites excluding steroid dienone is 1. The van der Waals surface area contributed by atoms with Crippen molar-refractivity contribution in [1.82, 2.24) is 4.57 Å². The number of nitriles is 1. The minimum absolute atomic E-state index is 0.662. The lowest BCUT2D eigenvalue weighted by Gasteiger charge is -2.06. The summed E-state index contributed by atoms with van der Waals surface area (Å²) in [6.07, 6.45) is 5.98. The van der Waals surface area contributed by atoms with E-state index in [1.165, 1.54) is 5.39 Å². The van der Waals surface area contributed by atoms with Crippen molar-refractivity contribution in [1.29, 1.82) is 5.26 Å². The third-order valence-electron chi connectivity index (χ3n) is 4.32. The van der Waals surface area contributed by atoms with Crippen LogP contribution in [0, 0.1) is 11.3 Å². The Balaban J connectivity index is 1.75. The molecule has 118 valence electrons. The summed E-state index contributed by atoms with van der Waals surface area (Å²) in [5, 5.41) is 12.0. The highest BCUT2D eigenvalue weighted by molar-refractivity contribution is 5.98. The molecule has 0 aliphatic carbocycles. The SMILES string of the molecule is N#CC(=Cc1cccc2ccccc12)c1ccc(-n2cccc2)cc1. The molecule has 0 saturated carbocycles. The van der Waals surface area contributed by atoms with Gasteiger partial charge in [-0.3, -0.25) is 0 Å². The normalized spacial score (nSPS) is 11.4. The van der Waals surface area contributed by atoms with E-state index in [0.717, 1.165) is 22.2 Å². The molecule has 0 bridgehead atoms. The summed E-state index contributed by atoms with van der Waals surface area (Å²) in [6, 6.07) is 28.8. The second-order valence-electron chi connectivity index (χ2n) is 5.88. The molecule has 0 saturated heterocycles. The van der Waals surface area contributed by atoms with Crippen LogP contribution in [0.3, 0.4) is 0 Å². The van der Waals surface area contributed by atoms with Gasteiger partial charge in [-0.2, -0.15) is 5.26 Å². The summed E-state index contributed by atoms with van der Waals surface area (Å²) in [5.74, 6) is 0. The van der Waals surface area contributed by atoms with Crippen molar-refractivity contribution in [3.63, 3.8) is 0 Å². The number of fused-ring (bicyclic) bond motifs is 1. The first-order valence-corrected chi connectivity index (χ1v) is 8.18. The lowest BCUT2D eigenvalue weighted by Crippen LogP contribution is -1.90. The summed E-state index contributed by atoms with van der Waals surface area (Å²) in [4.78, 5) is 0. The van der Waals surface area contributed by atoms with Crippen molar-refractivity contribution in [3.05, 3.63) is 102 Å². The van der Waals surface area contributed by atoms with Crippen LogP contribution in [0.15, 0.2) is 91.3 Å². The van der Waals surface area contributed by atoms with Gasteiger partial charge in [-0.05, 0) is 52.2 Å². The highest BCUT2D eigenvalue weighted by Gasteiger charge is 2.04. The minimum Gasteiger partial charge on any atom is -0.324 e. The van der Waals surface area contributed by atoms with E-state index in [2.05, 4.69) is 24.3 Å². The summed E-state index contributed by atoms with van der Waals surface area (Å²) in [5.41, 5.74) is 3.72. The molecular weight excluding hydrogens is 304 g/mol. The van der Waals surface area contributed by atoms with Crippen molar-refractivity contribution in [3.8, 4) is 11.8 Å². The fourth-order valence-corrected chi connectivity index (χ4v) is 3.03. The average Bonchev–Trinajstić information content (AvgIpc) is 3.21. The van der Waals surface area contributed by atoms with Gasteiger partial charge in [-0.1, -0.05) is 54.6 Å². The van der Waals surface area contributed by atoms with Crippen LogP contribution in [-0.2, 0) is 0 Å². The maximum atomic E-state index is 9.64. The second-order valence-corrected chi connectivity index (χ2v) is 5.88. The average molecular weight is 320 g/mol. The lowest BCUT2D eigenvalue weighted by molar-refractivity contribution is 1.08. The summed E-state index contributed by atoms with van der Waals surface area (Å²) in [6.45, 7) is 0. The van der Waals surface area contributed by atoms with Gasteiger partial charge < -0.3 is 4.57 Å². The van der Waals surface area contributed by atoms with Gasteiger partial charge >= 0.3 is 0 Å². The van der Waals surface area contributed by atoms with Crippen LogP contribution < -0.4 is 0 Å². The summed E-state index contributed by atoms with van der Waals surface area (Å²) >= 11 is 0. The largest absolute Gasteiger partial charge is 0.324 e.